The van der Waals surface area contributed by atoms with Gasteiger partial charge in [0, 0.05) is 19.1 Å². The van der Waals surface area contributed by atoms with Gasteiger partial charge in [0.15, 0.2) is 0 Å². The Labute approximate surface area is 120 Å². The molecule has 2 aliphatic heterocycles. The Balaban J connectivity index is 1.82. The van der Waals surface area contributed by atoms with Gasteiger partial charge in [-0.3, -0.25) is 14.6 Å². The highest BCUT2D eigenvalue weighted by atomic mass is 16.4. The number of rotatable bonds is 3. The van der Waals surface area contributed by atoms with Crippen molar-refractivity contribution in [3.8, 4) is 0 Å². The number of hydrogen-bond donors (Lipinski definition) is 1. The van der Waals surface area contributed by atoms with Crippen LogP contribution in [0.2, 0.25) is 0 Å². The number of carboxylic acid groups (broad SMARTS) is 1. The van der Waals surface area contributed by atoms with Crippen LogP contribution >= 0.6 is 0 Å². The van der Waals surface area contributed by atoms with Crippen LogP contribution in [0.3, 0.4) is 0 Å². The highest BCUT2D eigenvalue weighted by Crippen LogP contribution is 2.27. The third-order valence-corrected chi connectivity index (χ3v) is 4.55. The molecule has 0 radical (unpaired) electrons. The topological polar surface area (TPSA) is 43.8 Å². The van der Waals surface area contributed by atoms with Crippen molar-refractivity contribution in [2.24, 2.45) is 0 Å². The van der Waals surface area contributed by atoms with E-state index in [2.05, 4.69) is 9.80 Å². The molecule has 0 amide bonds. The van der Waals surface area contributed by atoms with Crippen LogP contribution in [-0.2, 0) is 4.79 Å². The zero-order chi connectivity index (χ0) is 13.9. The van der Waals surface area contributed by atoms with Crippen molar-refractivity contribution in [3.63, 3.8) is 0 Å². The molecule has 4 nitrogen and oxygen atoms in total. The summed E-state index contributed by atoms with van der Waals surface area (Å²) in [6.07, 6.45) is 3.52. The summed E-state index contributed by atoms with van der Waals surface area (Å²) in [4.78, 5) is 16.4. The Morgan fingerprint density at radius 3 is 2.65 bits per heavy atom. The molecule has 0 aliphatic carbocycles. The fourth-order valence-corrected chi connectivity index (χ4v) is 3.61. The molecule has 4 heteroatoms. The largest absolute Gasteiger partial charge is 0.480 e. The van der Waals surface area contributed by atoms with Crippen molar-refractivity contribution in [2.75, 3.05) is 26.2 Å². The number of nitrogens with zero attached hydrogens (tertiary/aromatic N) is 2. The minimum atomic E-state index is -0.734. The molecular weight excluding hydrogens is 252 g/mol. The lowest BCUT2D eigenvalue weighted by molar-refractivity contribution is -0.143. The molecule has 2 atom stereocenters. The summed E-state index contributed by atoms with van der Waals surface area (Å²) < 4.78 is 0. The van der Waals surface area contributed by atoms with Gasteiger partial charge >= 0.3 is 5.97 Å². The van der Waals surface area contributed by atoms with E-state index in [1.807, 2.05) is 30.3 Å². The van der Waals surface area contributed by atoms with Crippen molar-refractivity contribution >= 4 is 5.97 Å². The number of carbonyl (C=O) groups is 1. The molecule has 2 aliphatic rings. The van der Waals surface area contributed by atoms with Gasteiger partial charge in [0.2, 0.25) is 0 Å². The standard InChI is InChI=1S/C16H22N2O2/c19-16(20)15(13-6-2-1-3-7-13)18-11-5-10-17-9-4-8-14(17)12-18/h1-3,6-7,14-15H,4-5,8-12H2,(H,19,20). The van der Waals surface area contributed by atoms with Crippen molar-refractivity contribution in [3.05, 3.63) is 35.9 Å². The first kappa shape index (κ1) is 13.6. The Bertz CT molecular complexity index is 463. The fourth-order valence-electron chi connectivity index (χ4n) is 3.61. The predicted molar refractivity (Wildman–Crippen MR) is 77.6 cm³/mol. The summed E-state index contributed by atoms with van der Waals surface area (Å²) in [7, 11) is 0. The summed E-state index contributed by atoms with van der Waals surface area (Å²) >= 11 is 0. The molecule has 0 bridgehead atoms. The van der Waals surface area contributed by atoms with Crippen molar-refractivity contribution in [2.45, 2.75) is 31.3 Å². The van der Waals surface area contributed by atoms with E-state index in [1.165, 1.54) is 19.4 Å². The second kappa shape index (κ2) is 5.94. The summed E-state index contributed by atoms with van der Waals surface area (Å²) in [5, 5.41) is 9.66. The lowest BCUT2D eigenvalue weighted by atomic mass is 10.0. The van der Waals surface area contributed by atoms with Crippen LogP contribution in [0, 0.1) is 0 Å². The lowest BCUT2D eigenvalue weighted by Crippen LogP contribution is -2.40. The Morgan fingerprint density at radius 2 is 1.90 bits per heavy atom. The van der Waals surface area contributed by atoms with Crippen LogP contribution in [0.15, 0.2) is 30.3 Å². The van der Waals surface area contributed by atoms with E-state index in [9.17, 15) is 9.90 Å². The zero-order valence-corrected chi connectivity index (χ0v) is 11.7. The van der Waals surface area contributed by atoms with Gasteiger partial charge in [-0.05, 0) is 37.9 Å². The molecule has 108 valence electrons. The second-order valence-electron chi connectivity index (χ2n) is 5.83. The van der Waals surface area contributed by atoms with Crippen LogP contribution in [0.5, 0.6) is 0 Å². The smallest absolute Gasteiger partial charge is 0.325 e. The Kier molecular flexibility index (Phi) is 4.03. The van der Waals surface area contributed by atoms with E-state index >= 15 is 0 Å². The van der Waals surface area contributed by atoms with E-state index < -0.39 is 12.0 Å². The van der Waals surface area contributed by atoms with Gasteiger partial charge < -0.3 is 5.11 Å². The van der Waals surface area contributed by atoms with Crippen LogP contribution < -0.4 is 0 Å². The Morgan fingerprint density at radius 1 is 1.15 bits per heavy atom. The molecule has 0 aromatic heterocycles. The van der Waals surface area contributed by atoms with Gasteiger partial charge in [-0.15, -0.1) is 0 Å². The number of hydrogen-bond acceptors (Lipinski definition) is 3. The minimum Gasteiger partial charge on any atom is -0.480 e. The maximum absolute atomic E-state index is 11.7. The zero-order valence-electron chi connectivity index (χ0n) is 11.7. The molecule has 2 heterocycles. The number of benzene rings is 1. The third-order valence-electron chi connectivity index (χ3n) is 4.55. The molecule has 1 aromatic rings. The molecule has 20 heavy (non-hydrogen) atoms. The highest BCUT2D eigenvalue weighted by Gasteiger charge is 2.34. The fraction of sp³-hybridized carbons (Fsp3) is 0.562. The summed E-state index contributed by atoms with van der Waals surface area (Å²) in [5.74, 6) is -0.734. The molecule has 2 saturated heterocycles. The maximum atomic E-state index is 11.7. The Hall–Kier alpha value is -1.39. The van der Waals surface area contributed by atoms with Crippen LogP contribution in [0.25, 0.3) is 0 Å². The van der Waals surface area contributed by atoms with E-state index in [0.29, 0.717) is 6.04 Å². The molecule has 1 N–H and O–H groups in total. The van der Waals surface area contributed by atoms with E-state index in [0.717, 1.165) is 31.6 Å². The number of fused-ring (bicyclic) bond motifs is 1. The minimum absolute atomic E-state index is 0.503. The van der Waals surface area contributed by atoms with Crippen molar-refractivity contribution in [1.29, 1.82) is 0 Å². The molecule has 0 saturated carbocycles. The molecule has 2 unspecified atom stereocenters. The van der Waals surface area contributed by atoms with Gasteiger partial charge in [-0.1, -0.05) is 30.3 Å². The van der Waals surface area contributed by atoms with Crippen molar-refractivity contribution in [1.82, 2.24) is 9.80 Å². The first-order valence-corrected chi connectivity index (χ1v) is 7.51. The summed E-state index contributed by atoms with van der Waals surface area (Å²) in [5.41, 5.74) is 0.895. The van der Waals surface area contributed by atoms with Crippen LogP contribution in [-0.4, -0.2) is 53.1 Å². The van der Waals surface area contributed by atoms with Gasteiger partial charge in [0.25, 0.3) is 0 Å². The van der Waals surface area contributed by atoms with Crippen LogP contribution in [0.1, 0.15) is 30.9 Å². The second-order valence-corrected chi connectivity index (χ2v) is 5.83. The molecule has 1 aromatic carbocycles. The van der Waals surface area contributed by atoms with E-state index in [4.69, 9.17) is 0 Å². The van der Waals surface area contributed by atoms with Gasteiger partial charge in [-0.25, -0.2) is 0 Å². The van der Waals surface area contributed by atoms with Gasteiger partial charge in [-0.2, -0.15) is 0 Å². The molecule has 0 spiro atoms. The maximum Gasteiger partial charge on any atom is 0.325 e. The van der Waals surface area contributed by atoms with Gasteiger partial charge in [0.1, 0.15) is 6.04 Å². The van der Waals surface area contributed by atoms with Gasteiger partial charge in [0.05, 0.1) is 0 Å². The number of carboxylic acids is 1. The number of aliphatic carboxylic acids is 1. The average Bonchev–Trinajstić information content (AvgIpc) is 2.78. The van der Waals surface area contributed by atoms with E-state index in [1.54, 1.807) is 0 Å². The normalized spacial score (nSPS) is 25.9. The monoisotopic (exact) mass is 274 g/mol. The van der Waals surface area contributed by atoms with Crippen molar-refractivity contribution < 1.29 is 9.90 Å². The lowest BCUT2D eigenvalue weighted by Gasteiger charge is -2.30. The SMILES string of the molecule is O=C(O)C(c1ccccc1)N1CCCN2CCCC2C1. The quantitative estimate of drug-likeness (QED) is 0.915. The predicted octanol–water partition coefficient (Wildman–Crippen LogP) is 1.98. The molecule has 3 rings (SSSR count). The summed E-state index contributed by atoms with van der Waals surface area (Å²) in [6.45, 7) is 4.05. The first-order chi connectivity index (χ1) is 9.75. The molecule has 2 fully saturated rings. The van der Waals surface area contributed by atoms with Crippen LogP contribution in [0.4, 0.5) is 0 Å². The average molecular weight is 274 g/mol. The van der Waals surface area contributed by atoms with E-state index in [-0.39, 0.29) is 0 Å². The summed E-state index contributed by atoms with van der Waals surface area (Å²) in [6, 6.07) is 9.67. The molecular formula is C16H22N2O2. The highest BCUT2D eigenvalue weighted by molar-refractivity contribution is 5.75. The first-order valence-electron chi connectivity index (χ1n) is 7.51. The third kappa shape index (κ3) is 2.72.